The lowest BCUT2D eigenvalue weighted by molar-refractivity contribution is 0.157. The van der Waals surface area contributed by atoms with Crippen LogP contribution in [0.1, 0.15) is 18.4 Å². The Bertz CT molecular complexity index is 569. The standard InChI is InChI=1S/C19H31N3O3.HI/c1-20-19(22-11-9-16(13-22)14-23-2)21-10-5-6-15-7-8-17(24-3)18(12-15)25-4;/h7-8,12,16H,5-6,9-11,13-14H2,1-4H3,(H,20,21);1H. The van der Waals surface area contributed by atoms with Gasteiger partial charge in [0.25, 0.3) is 0 Å². The maximum Gasteiger partial charge on any atom is 0.193 e. The van der Waals surface area contributed by atoms with Gasteiger partial charge in [0.2, 0.25) is 0 Å². The topological polar surface area (TPSA) is 55.3 Å². The summed E-state index contributed by atoms with van der Waals surface area (Å²) < 4.78 is 15.9. The number of hydrogen-bond acceptors (Lipinski definition) is 4. The molecule has 1 aliphatic rings. The van der Waals surface area contributed by atoms with Crippen molar-refractivity contribution in [2.75, 3.05) is 54.6 Å². The average Bonchev–Trinajstić information content (AvgIpc) is 3.10. The molecule has 7 heteroatoms. The summed E-state index contributed by atoms with van der Waals surface area (Å²) in [5.74, 6) is 3.15. The summed E-state index contributed by atoms with van der Waals surface area (Å²) in [5.41, 5.74) is 1.25. The molecule has 1 N–H and O–H groups in total. The van der Waals surface area contributed by atoms with Crippen LogP contribution in [0, 0.1) is 5.92 Å². The first-order chi connectivity index (χ1) is 12.2. The minimum absolute atomic E-state index is 0. The fraction of sp³-hybridized carbons (Fsp3) is 0.632. The summed E-state index contributed by atoms with van der Waals surface area (Å²) in [4.78, 5) is 6.73. The second-order valence-corrected chi connectivity index (χ2v) is 6.32. The number of nitrogens with one attached hydrogen (secondary N) is 1. The molecule has 0 aromatic heterocycles. The van der Waals surface area contributed by atoms with Gasteiger partial charge in [0.1, 0.15) is 0 Å². The van der Waals surface area contributed by atoms with Crippen LogP contribution in [0.4, 0.5) is 0 Å². The molecule has 26 heavy (non-hydrogen) atoms. The molecule has 1 unspecified atom stereocenters. The fourth-order valence-corrected chi connectivity index (χ4v) is 3.26. The van der Waals surface area contributed by atoms with Crippen LogP contribution in [0.2, 0.25) is 0 Å². The number of guanidine groups is 1. The van der Waals surface area contributed by atoms with Crippen LogP contribution in [0.25, 0.3) is 0 Å². The largest absolute Gasteiger partial charge is 0.493 e. The van der Waals surface area contributed by atoms with Crippen LogP contribution in [-0.2, 0) is 11.2 Å². The molecular formula is C19H32IN3O3. The maximum atomic E-state index is 5.36. The van der Waals surface area contributed by atoms with Crippen molar-refractivity contribution in [3.05, 3.63) is 23.8 Å². The average molecular weight is 477 g/mol. The van der Waals surface area contributed by atoms with Crippen LogP contribution in [0.5, 0.6) is 11.5 Å². The van der Waals surface area contributed by atoms with E-state index < -0.39 is 0 Å². The van der Waals surface area contributed by atoms with E-state index in [1.54, 1.807) is 21.3 Å². The first-order valence-corrected chi connectivity index (χ1v) is 8.87. The van der Waals surface area contributed by atoms with Gasteiger partial charge in [0.05, 0.1) is 20.8 Å². The fourth-order valence-electron chi connectivity index (χ4n) is 3.26. The zero-order chi connectivity index (χ0) is 18.1. The van der Waals surface area contributed by atoms with Crippen LogP contribution in [0.15, 0.2) is 23.2 Å². The molecule has 1 aliphatic heterocycles. The number of rotatable bonds is 8. The Hall–Kier alpha value is -1.22. The van der Waals surface area contributed by atoms with Crippen LogP contribution in [-0.4, -0.2) is 65.5 Å². The number of halogens is 1. The lowest BCUT2D eigenvalue weighted by atomic mass is 10.1. The quantitative estimate of drug-likeness (QED) is 0.270. The summed E-state index contributed by atoms with van der Waals surface area (Å²) >= 11 is 0. The summed E-state index contributed by atoms with van der Waals surface area (Å²) in [5, 5.41) is 3.47. The number of aliphatic imine (C=N–C) groups is 1. The van der Waals surface area contributed by atoms with E-state index in [4.69, 9.17) is 14.2 Å². The van der Waals surface area contributed by atoms with Crippen molar-refractivity contribution in [2.24, 2.45) is 10.9 Å². The van der Waals surface area contributed by atoms with Crippen molar-refractivity contribution < 1.29 is 14.2 Å². The smallest absolute Gasteiger partial charge is 0.193 e. The normalized spacial score (nSPS) is 17.0. The first kappa shape index (κ1) is 22.8. The molecule has 0 saturated carbocycles. The molecule has 1 fully saturated rings. The highest BCUT2D eigenvalue weighted by molar-refractivity contribution is 14.0. The number of likely N-dealkylation sites (tertiary alicyclic amines) is 1. The van der Waals surface area contributed by atoms with Crippen LogP contribution >= 0.6 is 24.0 Å². The van der Waals surface area contributed by atoms with E-state index in [2.05, 4.69) is 21.3 Å². The molecule has 1 heterocycles. The predicted molar refractivity (Wildman–Crippen MR) is 116 cm³/mol. The molecule has 0 aliphatic carbocycles. The van der Waals surface area contributed by atoms with E-state index in [9.17, 15) is 0 Å². The summed E-state index contributed by atoms with van der Waals surface area (Å²) in [7, 11) is 6.94. The van der Waals surface area contributed by atoms with Gasteiger partial charge in [-0.3, -0.25) is 4.99 Å². The van der Waals surface area contributed by atoms with Crippen molar-refractivity contribution >= 4 is 29.9 Å². The number of hydrogen-bond donors (Lipinski definition) is 1. The molecule has 0 amide bonds. The molecule has 1 atom stereocenters. The molecule has 0 bridgehead atoms. The number of methoxy groups -OCH3 is 3. The molecule has 1 aromatic carbocycles. The lowest BCUT2D eigenvalue weighted by Gasteiger charge is -2.21. The molecule has 0 radical (unpaired) electrons. The van der Waals surface area contributed by atoms with Gasteiger partial charge in [-0.15, -0.1) is 24.0 Å². The molecule has 148 valence electrons. The lowest BCUT2D eigenvalue weighted by Crippen LogP contribution is -2.40. The van der Waals surface area contributed by atoms with Crippen LogP contribution in [0.3, 0.4) is 0 Å². The maximum absolute atomic E-state index is 5.36. The molecule has 1 saturated heterocycles. The summed E-state index contributed by atoms with van der Waals surface area (Å²) in [6.45, 7) is 3.78. The van der Waals surface area contributed by atoms with Gasteiger partial charge < -0.3 is 24.4 Å². The number of benzene rings is 1. The summed E-state index contributed by atoms with van der Waals surface area (Å²) in [6.07, 6.45) is 3.18. The highest BCUT2D eigenvalue weighted by atomic mass is 127. The summed E-state index contributed by atoms with van der Waals surface area (Å²) in [6, 6.07) is 6.09. The number of nitrogens with zero attached hydrogens (tertiary/aromatic N) is 2. The van der Waals surface area contributed by atoms with Crippen molar-refractivity contribution in [1.82, 2.24) is 10.2 Å². The SMILES string of the molecule is CN=C(NCCCc1ccc(OC)c(OC)c1)N1CCC(COC)C1.I. The Kier molecular flexibility index (Phi) is 10.7. The molecule has 0 spiro atoms. The van der Waals surface area contributed by atoms with Gasteiger partial charge in [-0.1, -0.05) is 6.07 Å². The molecule has 2 rings (SSSR count). The van der Waals surface area contributed by atoms with Crippen LogP contribution < -0.4 is 14.8 Å². The molecule has 6 nitrogen and oxygen atoms in total. The Morgan fingerprint density at radius 3 is 2.65 bits per heavy atom. The van der Waals surface area contributed by atoms with E-state index in [0.717, 1.165) is 56.5 Å². The van der Waals surface area contributed by atoms with E-state index in [0.29, 0.717) is 5.92 Å². The zero-order valence-corrected chi connectivity index (χ0v) is 18.6. The second kappa shape index (κ2) is 12.2. The Balaban J connectivity index is 0.00000338. The molecule has 1 aromatic rings. The van der Waals surface area contributed by atoms with E-state index >= 15 is 0 Å². The minimum atomic E-state index is 0. The third-order valence-electron chi connectivity index (χ3n) is 4.57. The number of ether oxygens (including phenoxy) is 3. The van der Waals surface area contributed by atoms with Crippen molar-refractivity contribution in [2.45, 2.75) is 19.3 Å². The Morgan fingerprint density at radius 1 is 1.23 bits per heavy atom. The Morgan fingerprint density at radius 2 is 2.00 bits per heavy atom. The monoisotopic (exact) mass is 477 g/mol. The third-order valence-corrected chi connectivity index (χ3v) is 4.57. The predicted octanol–water partition coefficient (Wildman–Crippen LogP) is 2.80. The van der Waals surface area contributed by atoms with Gasteiger partial charge in [-0.2, -0.15) is 0 Å². The second-order valence-electron chi connectivity index (χ2n) is 6.32. The van der Waals surface area contributed by atoms with Gasteiger partial charge in [-0.05, 0) is 37.0 Å². The van der Waals surface area contributed by atoms with Gasteiger partial charge in [0.15, 0.2) is 17.5 Å². The molecular weight excluding hydrogens is 445 g/mol. The van der Waals surface area contributed by atoms with Gasteiger partial charge in [0, 0.05) is 39.7 Å². The highest BCUT2D eigenvalue weighted by Gasteiger charge is 2.24. The van der Waals surface area contributed by atoms with E-state index in [-0.39, 0.29) is 24.0 Å². The van der Waals surface area contributed by atoms with Gasteiger partial charge >= 0.3 is 0 Å². The van der Waals surface area contributed by atoms with E-state index in [1.807, 2.05) is 19.2 Å². The zero-order valence-electron chi connectivity index (χ0n) is 16.3. The van der Waals surface area contributed by atoms with Crippen molar-refractivity contribution in [1.29, 1.82) is 0 Å². The van der Waals surface area contributed by atoms with Crippen molar-refractivity contribution in [3.63, 3.8) is 0 Å². The third kappa shape index (κ3) is 6.50. The van der Waals surface area contributed by atoms with E-state index in [1.165, 1.54) is 12.0 Å². The van der Waals surface area contributed by atoms with Crippen molar-refractivity contribution in [3.8, 4) is 11.5 Å². The minimum Gasteiger partial charge on any atom is -0.493 e. The first-order valence-electron chi connectivity index (χ1n) is 8.87. The number of aryl methyl sites for hydroxylation is 1. The Labute approximate surface area is 174 Å². The highest BCUT2D eigenvalue weighted by Crippen LogP contribution is 2.27. The van der Waals surface area contributed by atoms with Gasteiger partial charge in [-0.25, -0.2) is 0 Å².